The SMILES string of the molecule is Cn1ccnc1C1CNCCN1CCC(=O)Nc1ccc2c(c1)OCO2. The van der Waals surface area contributed by atoms with Crippen LogP contribution in [0.4, 0.5) is 5.69 Å². The molecule has 2 N–H and O–H groups in total. The summed E-state index contributed by atoms with van der Waals surface area (Å²) in [6, 6.07) is 5.61. The number of fused-ring (bicyclic) bond motifs is 1. The van der Waals surface area contributed by atoms with Gasteiger partial charge >= 0.3 is 0 Å². The van der Waals surface area contributed by atoms with Gasteiger partial charge in [-0.1, -0.05) is 0 Å². The van der Waals surface area contributed by atoms with Crippen LogP contribution < -0.4 is 20.1 Å². The zero-order valence-electron chi connectivity index (χ0n) is 14.8. The lowest BCUT2D eigenvalue weighted by Gasteiger charge is -2.35. The second-order valence-corrected chi connectivity index (χ2v) is 6.52. The molecular weight excluding hydrogens is 334 g/mol. The van der Waals surface area contributed by atoms with Crippen LogP contribution in [-0.4, -0.2) is 53.3 Å². The van der Waals surface area contributed by atoms with Crippen LogP contribution in [-0.2, 0) is 11.8 Å². The fourth-order valence-corrected chi connectivity index (χ4v) is 3.41. The smallest absolute Gasteiger partial charge is 0.231 e. The summed E-state index contributed by atoms with van der Waals surface area (Å²) in [4.78, 5) is 19.2. The zero-order valence-corrected chi connectivity index (χ0v) is 14.8. The Balaban J connectivity index is 1.35. The van der Waals surface area contributed by atoms with E-state index < -0.39 is 0 Å². The number of hydrogen-bond acceptors (Lipinski definition) is 6. The minimum absolute atomic E-state index is 0.0130. The first-order valence-electron chi connectivity index (χ1n) is 8.82. The molecule has 4 rings (SSSR count). The number of nitrogens with one attached hydrogen (secondary N) is 2. The molecule has 1 unspecified atom stereocenters. The van der Waals surface area contributed by atoms with Crippen molar-refractivity contribution >= 4 is 11.6 Å². The van der Waals surface area contributed by atoms with Crippen LogP contribution in [0.3, 0.4) is 0 Å². The van der Waals surface area contributed by atoms with Gasteiger partial charge in [0.05, 0.1) is 6.04 Å². The van der Waals surface area contributed by atoms with Crippen LogP contribution in [0.15, 0.2) is 30.6 Å². The third-order valence-electron chi connectivity index (χ3n) is 4.79. The predicted molar refractivity (Wildman–Crippen MR) is 96.2 cm³/mol. The number of benzene rings is 1. The van der Waals surface area contributed by atoms with Crippen molar-refractivity contribution in [1.29, 1.82) is 0 Å². The summed E-state index contributed by atoms with van der Waals surface area (Å²) in [5, 5.41) is 6.34. The van der Waals surface area contributed by atoms with Crippen molar-refractivity contribution in [1.82, 2.24) is 19.8 Å². The van der Waals surface area contributed by atoms with Crippen molar-refractivity contribution in [2.24, 2.45) is 7.05 Å². The van der Waals surface area contributed by atoms with Crippen molar-refractivity contribution < 1.29 is 14.3 Å². The van der Waals surface area contributed by atoms with Gasteiger partial charge in [0.1, 0.15) is 5.82 Å². The first kappa shape index (κ1) is 16.9. The van der Waals surface area contributed by atoms with Crippen molar-refractivity contribution in [3.63, 3.8) is 0 Å². The fraction of sp³-hybridized carbons (Fsp3) is 0.444. The Morgan fingerprint density at radius 2 is 2.27 bits per heavy atom. The Kier molecular flexibility index (Phi) is 4.77. The van der Waals surface area contributed by atoms with Gasteiger partial charge in [-0.25, -0.2) is 4.98 Å². The molecule has 8 nitrogen and oxygen atoms in total. The van der Waals surface area contributed by atoms with Crippen LogP contribution in [0.5, 0.6) is 11.5 Å². The second-order valence-electron chi connectivity index (χ2n) is 6.52. The Labute approximate surface area is 152 Å². The molecule has 0 bridgehead atoms. The summed E-state index contributed by atoms with van der Waals surface area (Å²) >= 11 is 0. The Bertz CT molecular complexity index is 791. The van der Waals surface area contributed by atoms with E-state index in [9.17, 15) is 4.79 Å². The summed E-state index contributed by atoms with van der Waals surface area (Å²) in [7, 11) is 2.00. The summed E-state index contributed by atoms with van der Waals surface area (Å²) < 4.78 is 12.7. The lowest BCUT2D eigenvalue weighted by atomic mass is 10.1. The molecule has 0 spiro atoms. The normalized spacial score (nSPS) is 19.5. The molecule has 2 aliphatic rings. The zero-order chi connectivity index (χ0) is 17.9. The minimum atomic E-state index is -0.0130. The monoisotopic (exact) mass is 357 g/mol. The maximum atomic E-state index is 12.4. The first-order chi connectivity index (χ1) is 12.7. The third-order valence-corrected chi connectivity index (χ3v) is 4.79. The molecule has 138 valence electrons. The topological polar surface area (TPSA) is 80.7 Å². The van der Waals surface area contributed by atoms with Gasteiger partial charge in [-0.15, -0.1) is 0 Å². The third kappa shape index (κ3) is 3.51. The molecule has 1 saturated heterocycles. The number of rotatable bonds is 5. The highest BCUT2D eigenvalue weighted by Crippen LogP contribution is 2.34. The Hall–Kier alpha value is -2.58. The van der Waals surface area contributed by atoms with Gasteiger partial charge < -0.3 is 24.7 Å². The van der Waals surface area contributed by atoms with E-state index in [1.54, 1.807) is 6.07 Å². The largest absolute Gasteiger partial charge is 0.454 e. The average molecular weight is 357 g/mol. The number of carbonyl (C=O) groups is 1. The highest BCUT2D eigenvalue weighted by molar-refractivity contribution is 5.91. The number of aryl methyl sites for hydroxylation is 1. The molecule has 0 radical (unpaired) electrons. The average Bonchev–Trinajstić information content (AvgIpc) is 3.28. The van der Waals surface area contributed by atoms with E-state index in [1.807, 2.05) is 36.1 Å². The lowest BCUT2D eigenvalue weighted by Crippen LogP contribution is -2.47. The molecule has 1 fully saturated rings. The van der Waals surface area contributed by atoms with Crippen LogP contribution in [0.1, 0.15) is 18.3 Å². The van der Waals surface area contributed by atoms with E-state index in [2.05, 4.69) is 20.5 Å². The lowest BCUT2D eigenvalue weighted by molar-refractivity contribution is -0.116. The molecule has 2 aromatic rings. The molecule has 1 amide bonds. The number of nitrogens with zero attached hydrogens (tertiary/aromatic N) is 3. The molecule has 2 aliphatic heterocycles. The van der Waals surface area contributed by atoms with E-state index in [0.717, 1.165) is 31.1 Å². The maximum absolute atomic E-state index is 12.4. The van der Waals surface area contributed by atoms with Crippen molar-refractivity contribution in [3.8, 4) is 11.5 Å². The van der Waals surface area contributed by atoms with Gasteiger partial charge in [0.15, 0.2) is 11.5 Å². The van der Waals surface area contributed by atoms with E-state index in [1.165, 1.54) is 0 Å². The number of amides is 1. The van der Waals surface area contributed by atoms with E-state index in [4.69, 9.17) is 9.47 Å². The molecule has 1 aromatic carbocycles. The quantitative estimate of drug-likeness (QED) is 0.835. The minimum Gasteiger partial charge on any atom is -0.454 e. The van der Waals surface area contributed by atoms with Gasteiger partial charge in [0, 0.05) is 63.8 Å². The predicted octanol–water partition coefficient (Wildman–Crippen LogP) is 1.12. The van der Waals surface area contributed by atoms with Crippen LogP contribution in [0.2, 0.25) is 0 Å². The molecule has 26 heavy (non-hydrogen) atoms. The Morgan fingerprint density at radius 1 is 1.38 bits per heavy atom. The number of anilines is 1. The summed E-state index contributed by atoms with van der Waals surface area (Å²) in [6.45, 7) is 3.58. The van der Waals surface area contributed by atoms with E-state index in [0.29, 0.717) is 24.5 Å². The number of piperazine rings is 1. The second kappa shape index (κ2) is 7.35. The first-order valence-corrected chi connectivity index (χ1v) is 8.82. The van der Waals surface area contributed by atoms with Crippen molar-refractivity contribution in [2.75, 3.05) is 38.3 Å². The number of hydrogen-bond donors (Lipinski definition) is 2. The molecular formula is C18H23N5O3. The summed E-state index contributed by atoms with van der Waals surface area (Å²) in [6.07, 6.45) is 4.19. The van der Waals surface area contributed by atoms with Gasteiger partial charge in [0.25, 0.3) is 0 Å². The highest BCUT2D eigenvalue weighted by Gasteiger charge is 2.26. The number of aromatic nitrogens is 2. The fourth-order valence-electron chi connectivity index (χ4n) is 3.41. The van der Waals surface area contributed by atoms with Gasteiger partial charge in [-0.2, -0.15) is 0 Å². The summed E-state index contributed by atoms with van der Waals surface area (Å²) in [5.41, 5.74) is 0.722. The van der Waals surface area contributed by atoms with Gasteiger partial charge in [-0.3, -0.25) is 9.69 Å². The molecule has 3 heterocycles. The molecule has 8 heteroatoms. The van der Waals surface area contributed by atoms with Crippen LogP contribution >= 0.6 is 0 Å². The van der Waals surface area contributed by atoms with Crippen molar-refractivity contribution in [3.05, 3.63) is 36.4 Å². The standard InChI is InChI=1S/C18H23N5O3/c1-22-8-6-20-18(22)14-11-19-5-9-23(14)7-4-17(24)21-13-2-3-15-16(10-13)26-12-25-15/h2-3,6,8,10,14,19H,4-5,7,9,11-12H2,1H3,(H,21,24). The molecule has 0 aliphatic carbocycles. The van der Waals surface area contributed by atoms with Crippen LogP contribution in [0.25, 0.3) is 0 Å². The molecule has 1 aromatic heterocycles. The van der Waals surface area contributed by atoms with E-state index >= 15 is 0 Å². The van der Waals surface area contributed by atoms with Gasteiger partial charge in [0.2, 0.25) is 12.7 Å². The number of ether oxygens (including phenoxy) is 2. The van der Waals surface area contributed by atoms with Crippen molar-refractivity contribution in [2.45, 2.75) is 12.5 Å². The Morgan fingerprint density at radius 3 is 3.12 bits per heavy atom. The number of carbonyl (C=O) groups excluding carboxylic acids is 1. The van der Waals surface area contributed by atoms with E-state index in [-0.39, 0.29) is 18.7 Å². The number of imidazole rings is 1. The highest BCUT2D eigenvalue weighted by atomic mass is 16.7. The summed E-state index contributed by atoms with van der Waals surface area (Å²) in [5.74, 6) is 2.39. The van der Waals surface area contributed by atoms with Crippen LogP contribution in [0, 0.1) is 0 Å². The molecule has 0 saturated carbocycles. The van der Waals surface area contributed by atoms with Gasteiger partial charge in [-0.05, 0) is 12.1 Å². The maximum Gasteiger partial charge on any atom is 0.231 e. The molecule has 1 atom stereocenters.